The van der Waals surface area contributed by atoms with Crippen LogP contribution in [0.15, 0.2) is 18.2 Å². The standard InChI is InChI=1S/C12H17NO5/c1-17-10-4-2-3-9(15)11(10)12(16)13-5-7-18-8-6-14/h2-4,14-15H,5-8H2,1H3,(H,13,16). The van der Waals surface area contributed by atoms with Gasteiger partial charge in [0.05, 0.1) is 26.9 Å². The monoisotopic (exact) mass is 255 g/mol. The predicted octanol–water partition coefficient (Wildman–Crippen LogP) is 0.139. The zero-order chi connectivity index (χ0) is 13.4. The SMILES string of the molecule is COc1cccc(O)c1C(=O)NCCOCCO. The van der Waals surface area contributed by atoms with Gasteiger partial charge in [0.25, 0.3) is 5.91 Å². The maximum absolute atomic E-state index is 11.8. The van der Waals surface area contributed by atoms with Crippen molar-refractivity contribution in [2.75, 3.05) is 33.5 Å². The third-order valence-electron chi connectivity index (χ3n) is 2.22. The van der Waals surface area contributed by atoms with Crippen LogP contribution in [0.5, 0.6) is 11.5 Å². The van der Waals surface area contributed by atoms with E-state index in [1.807, 2.05) is 0 Å². The van der Waals surface area contributed by atoms with Gasteiger partial charge in [-0.2, -0.15) is 0 Å². The van der Waals surface area contributed by atoms with Gasteiger partial charge in [0.15, 0.2) is 0 Å². The summed E-state index contributed by atoms with van der Waals surface area (Å²) in [7, 11) is 1.43. The van der Waals surface area contributed by atoms with Crippen molar-refractivity contribution in [3.8, 4) is 11.5 Å². The molecule has 0 aliphatic heterocycles. The van der Waals surface area contributed by atoms with Crippen molar-refractivity contribution in [2.45, 2.75) is 0 Å². The van der Waals surface area contributed by atoms with Crippen LogP contribution in [0.4, 0.5) is 0 Å². The van der Waals surface area contributed by atoms with Crippen LogP contribution in [-0.4, -0.2) is 49.6 Å². The van der Waals surface area contributed by atoms with Gasteiger partial charge in [-0.25, -0.2) is 0 Å². The first-order valence-corrected chi connectivity index (χ1v) is 5.53. The quantitative estimate of drug-likeness (QED) is 0.603. The number of aromatic hydroxyl groups is 1. The molecule has 0 aliphatic rings. The van der Waals surface area contributed by atoms with Crippen LogP contribution in [0.1, 0.15) is 10.4 Å². The molecule has 0 aliphatic carbocycles. The average molecular weight is 255 g/mol. The van der Waals surface area contributed by atoms with Crippen molar-refractivity contribution >= 4 is 5.91 Å². The number of carbonyl (C=O) groups excluding carboxylic acids is 1. The number of phenols is 1. The number of hydrogen-bond acceptors (Lipinski definition) is 5. The van der Waals surface area contributed by atoms with Gasteiger partial charge in [0.1, 0.15) is 17.1 Å². The molecule has 0 heterocycles. The van der Waals surface area contributed by atoms with E-state index in [1.165, 1.54) is 13.2 Å². The summed E-state index contributed by atoms with van der Waals surface area (Å²) in [6, 6.07) is 4.60. The fourth-order valence-electron chi connectivity index (χ4n) is 1.41. The highest BCUT2D eigenvalue weighted by Gasteiger charge is 2.16. The number of carbonyl (C=O) groups is 1. The van der Waals surface area contributed by atoms with Crippen molar-refractivity contribution < 1.29 is 24.5 Å². The van der Waals surface area contributed by atoms with Gasteiger partial charge in [0, 0.05) is 6.54 Å². The summed E-state index contributed by atoms with van der Waals surface area (Å²) in [4.78, 5) is 11.8. The third-order valence-corrected chi connectivity index (χ3v) is 2.22. The van der Waals surface area contributed by atoms with E-state index in [-0.39, 0.29) is 31.1 Å². The van der Waals surface area contributed by atoms with Gasteiger partial charge in [-0.3, -0.25) is 4.79 Å². The van der Waals surface area contributed by atoms with Crippen LogP contribution in [0.25, 0.3) is 0 Å². The van der Waals surface area contributed by atoms with E-state index in [4.69, 9.17) is 14.6 Å². The highest BCUT2D eigenvalue weighted by atomic mass is 16.5. The van der Waals surface area contributed by atoms with Gasteiger partial charge < -0.3 is 25.0 Å². The lowest BCUT2D eigenvalue weighted by molar-refractivity contribution is 0.0834. The Bertz CT molecular complexity index is 394. The Morgan fingerprint density at radius 3 is 2.83 bits per heavy atom. The molecule has 1 aromatic carbocycles. The van der Waals surface area contributed by atoms with Gasteiger partial charge >= 0.3 is 0 Å². The Morgan fingerprint density at radius 2 is 2.17 bits per heavy atom. The van der Waals surface area contributed by atoms with Crippen molar-refractivity contribution in [1.29, 1.82) is 0 Å². The van der Waals surface area contributed by atoms with Crippen LogP contribution in [0.2, 0.25) is 0 Å². The zero-order valence-electron chi connectivity index (χ0n) is 10.2. The first-order valence-electron chi connectivity index (χ1n) is 5.53. The molecular weight excluding hydrogens is 238 g/mol. The second kappa shape index (κ2) is 7.52. The number of rotatable bonds is 7. The van der Waals surface area contributed by atoms with E-state index >= 15 is 0 Å². The van der Waals surface area contributed by atoms with E-state index in [1.54, 1.807) is 12.1 Å². The lowest BCUT2D eigenvalue weighted by Crippen LogP contribution is -2.28. The number of ether oxygens (including phenoxy) is 2. The third kappa shape index (κ3) is 3.90. The molecule has 0 spiro atoms. The van der Waals surface area contributed by atoms with E-state index in [0.29, 0.717) is 12.4 Å². The Balaban J connectivity index is 2.56. The molecule has 1 aromatic rings. The van der Waals surface area contributed by atoms with Gasteiger partial charge in [-0.05, 0) is 12.1 Å². The lowest BCUT2D eigenvalue weighted by Gasteiger charge is -2.10. The Morgan fingerprint density at radius 1 is 1.39 bits per heavy atom. The Kier molecular flexibility index (Phi) is 5.96. The molecule has 3 N–H and O–H groups in total. The minimum Gasteiger partial charge on any atom is -0.507 e. The van der Waals surface area contributed by atoms with E-state index in [2.05, 4.69) is 5.32 Å². The van der Waals surface area contributed by atoms with Gasteiger partial charge in [-0.15, -0.1) is 0 Å². The van der Waals surface area contributed by atoms with Crippen molar-refractivity contribution in [2.24, 2.45) is 0 Å². The number of nitrogens with one attached hydrogen (secondary N) is 1. The highest BCUT2D eigenvalue weighted by molar-refractivity contribution is 5.99. The normalized spacial score (nSPS) is 10.1. The van der Waals surface area contributed by atoms with Crippen LogP contribution >= 0.6 is 0 Å². The fourth-order valence-corrected chi connectivity index (χ4v) is 1.41. The summed E-state index contributed by atoms with van der Waals surface area (Å²) in [6.07, 6.45) is 0. The summed E-state index contributed by atoms with van der Waals surface area (Å²) in [6.45, 7) is 0.759. The number of hydrogen-bond donors (Lipinski definition) is 3. The summed E-state index contributed by atoms with van der Waals surface area (Å²) in [5.41, 5.74) is 0.0992. The fraction of sp³-hybridized carbons (Fsp3) is 0.417. The molecule has 0 saturated carbocycles. The highest BCUT2D eigenvalue weighted by Crippen LogP contribution is 2.26. The van der Waals surface area contributed by atoms with Gasteiger partial charge in [-0.1, -0.05) is 6.07 Å². The van der Waals surface area contributed by atoms with E-state index in [9.17, 15) is 9.90 Å². The molecule has 0 unspecified atom stereocenters. The molecule has 0 fully saturated rings. The first kappa shape index (κ1) is 14.3. The number of amides is 1. The molecule has 18 heavy (non-hydrogen) atoms. The molecular formula is C12H17NO5. The van der Waals surface area contributed by atoms with Crippen LogP contribution in [0, 0.1) is 0 Å². The van der Waals surface area contributed by atoms with Crippen LogP contribution < -0.4 is 10.1 Å². The zero-order valence-corrected chi connectivity index (χ0v) is 10.2. The van der Waals surface area contributed by atoms with Gasteiger partial charge in [0.2, 0.25) is 0 Å². The van der Waals surface area contributed by atoms with E-state index < -0.39 is 5.91 Å². The molecule has 1 amide bonds. The second-order valence-electron chi connectivity index (χ2n) is 3.45. The summed E-state index contributed by atoms with van der Waals surface area (Å²) in [5, 5.41) is 20.7. The number of benzene rings is 1. The smallest absolute Gasteiger partial charge is 0.258 e. The van der Waals surface area contributed by atoms with Crippen molar-refractivity contribution in [3.63, 3.8) is 0 Å². The maximum Gasteiger partial charge on any atom is 0.258 e. The molecule has 6 nitrogen and oxygen atoms in total. The molecule has 0 radical (unpaired) electrons. The summed E-state index contributed by atoms with van der Waals surface area (Å²) in [5.74, 6) is -0.260. The summed E-state index contributed by atoms with van der Waals surface area (Å²) < 4.78 is 10.0. The van der Waals surface area contributed by atoms with Crippen LogP contribution in [-0.2, 0) is 4.74 Å². The van der Waals surface area contributed by atoms with Crippen molar-refractivity contribution in [1.82, 2.24) is 5.32 Å². The minimum atomic E-state index is -0.433. The molecule has 0 aromatic heterocycles. The molecule has 1 rings (SSSR count). The summed E-state index contributed by atoms with van der Waals surface area (Å²) >= 11 is 0. The van der Waals surface area contributed by atoms with Crippen LogP contribution in [0.3, 0.4) is 0 Å². The topological polar surface area (TPSA) is 88.0 Å². The number of aliphatic hydroxyl groups is 1. The molecule has 6 heteroatoms. The molecule has 100 valence electrons. The lowest BCUT2D eigenvalue weighted by atomic mass is 10.1. The number of aliphatic hydroxyl groups excluding tert-OH is 1. The Labute approximate surface area is 105 Å². The minimum absolute atomic E-state index is 0.0543. The molecule has 0 atom stereocenters. The van der Waals surface area contributed by atoms with Crippen molar-refractivity contribution in [3.05, 3.63) is 23.8 Å². The maximum atomic E-state index is 11.8. The molecule has 0 saturated heterocycles. The molecule has 0 bridgehead atoms. The second-order valence-corrected chi connectivity index (χ2v) is 3.45. The Hall–Kier alpha value is -1.79. The average Bonchev–Trinajstić information content (AvgIpc) is 2.37. The van der Waals surface area contributed by atoms with E-state index in [0.717, 1.165) is 0 Å². The first-order chi connectivity index (χ1) is 8.70. The number of phenolic OH excluding ortho intramolecular Hbond substituents is 1. The predicted molar refractivity (Wildman–Crippen MR) is 64.9 cm³/mol. The number of methoxy groups -OCH3 is 1. The largest absolute Gasteiger partial charge is 0.507 e.